The highest BCUT2D eigenvalue weighted by atomic mass is 15.2. The lowest BCUT2D eigenvalue weighted by Gasteiger charge is -2.35. The average Bonchev–Trinajstić information content (AvgIpc) is 3.38. The zero-order chi connectivity index (χ0) is 33.0. The topological polar surface area (TPSA) is 6.48 Å². The van der Waals surface area contributed by atoms with Crippen LogP contribution in [0.25, 0.3) is 34.4 Å². The van der Waals surface area contributed by atoms with E-state index < -0.39 is 0 Å². The van der Waals surface area contributed by atoms with Crippen molar-refractivity contribution in [1.29, 1.82) is 0 Å². The van der Waals surface area contributed by atoms with E-state index in [2.05, 4.69) is 157 Å². The van der Waals surface area contributed by atoms with E-state index in [4.69, 9.17) is 0 Å². The third kappa shape index (κ3) is 5.26. The molecule has 0 N–H and O–H groups in total. The number of benzene rings is 5. The van der Waals surface area contributed by atoms with Crippen LogP contribution in [0.1, 0.15) is 73.8 Å². The number of para-hydroxylation sites is 2. The van der Waals surface area contributed by atoms with Crippen molar-refractivity contribution in [3.8, 4) is 22.3 Å². The molecule has 5 aromatic carbocycles. The molecule has 0 aromatic heterocycles. The predicted molar refractivity (Wildman–Crippen MR) is 209 cm³/mol. The predicted octanol–water partition coefficient (Wildman–Crippen LogP) is 12.1. The van der Waals surface area contributed by atoms with Crippen molar-refractivity contribution < 1.29 is 0 Å². The highest BCUT2D eigenvalue weighted by Gasteiger charge is 2.36. The number of anilines is 3. The maximum Gasteiger partial charge on any atom is 0.0490 e. The van der Waals surface area contributed by atoms with Gasteiger partial charge in [0, 0.05) is 46.8 Å². The summed E-state index contributed by atoms with van der Waals surface area (Å²) in [5.74, 6) is 0. The maximum absolute atomic E-state index is 2.60. The van der Waals surface area contributed by atoms with Gasteiger partial charge >= 0.3 is 0 Å². The molecule has 242 valence electrons. The zero-order valence-electron chi connectivity index (χ0n) is 28.8. The first kappa shape index (κ1) is 30.0. The van der Waals surface area contributed by atoms with Gasteiger partial charge in [0.15, 0.2) is 0 Å². The molecule has 2 nitrogen and oxygen atoms in total. The first-order valence-electron chi connectivity index (χ1n) is 18.2. The van der Waals surface area contributed by atoms with E-state index in [0.717, 1.165) is 32.4 Å². The number of nitrogens with zero attached hydrogens (tertiary/aromatic N) is 2. The number of fused-ring (bicyclic) bond motifs is 4. The summed E-state index contributed by atoms with van der Waals surface area (Å²) in [4.78, 5) is 5.11. The molecule has 2 aliphatic carbocycles. The zero-order valence-corrected chi connectivity index (χ0v) is 28.8. The summed E-state index contributed by atoms with van der Waals surface area (Å²) in [5, 5.41) is 0. The molecule has 0 fully saturated rings. The van der Waals surface area contributed by atoms with Gasteiger partial charge < -0.3 is 9.80 Å². The maximum atomic E-state index is 2.60. The minimum atomic E-state index is -0.0477. The molecule has 5 aromatic rings. The summed E-state index contributed by atoms with van der Waals surface area (Å²) in [7, 11) is 0. The molecular weight excluding hydrogens is 593 g/mol. The fraction of sp³-hybridized carbons (Fsp3) is 0.234. The van der Waals surface area contributed by atoms with Gasteiger partial charge in [-0.15, -0.1) is 0 Å². The lowest BCUT2D eigenvalue weighted by Crippen LogP contribution is -2.29. The molecule has 2 aliphatic heterocycles. The van der Waals surface area contributed by atoms with Crippen LogP contribution in [0, 0.1) is 0 Å². The number of allylic oxidation sites excluding steroid dienone is 4. The van der Waals surface area contributed by atoms with Crippen LogP contribution in [0.2, 0.25) is 0 Å². The quantitative estimate of drug-likeness (QED) is 0.177. The van der Waals surface area contributed by atoms with Gasteiger partial charge in [-0.25, -0.2) is 0 Å². The molecule has 0 unspecified atom stereocenters. The van der Waals surface area contributed by atoms with E-state index >= 15 is 0 Å². The molecule has 0 radical (unpaired) electrons. The van der Waals surface area contributed by atoms with Crippen molar-refractivity contribution in [2.75, 3.05) is 22.9 Å². The second kappa shape index (κ2) is 12.1. The molecular formula is C47H44N2. The lowest BCUT2D eigenvalue weighted by molar-refractivity contribution is 0.657. The fourth-order valence-corrected chi connectivity index (χ4v) is 8.80. The van der Waals surface area contributed by atoms with Gasteiger partial charge in [0.05, 0.1) is 0 Å². The molecule has 0 amide bonds. The number of hydrogen-bond acceptors (Lipinski definition) is 2. The second-order valence-electron chi connectivity index (χ2n) is 14.7. The van der Waals surface area contributed by atoms with Crippen molar-refractivity contribution in [2.24, 2.45) is 0 Å². The largest absolute Gasteiger partial charge is 0.345 e. The van der Waals surface area contributed by atoms with Gasteiger partial charge in [0.25, 0.3) is 0 Å². The Morgan fingerprint density at radius 1 is 0.592 bits per heavy atom. The van der Waals surface area contributed by atoms with Gasteiger partial charge in [-0.3, -0.25) is 0 Å². The van der Waals surface area contributed by atoms with Crippen LogP contribution < -0.4 is 9.80 Å². The van der Waals surface area contributed by atoms with E-state index in [0.29, 0.717) is 0 Å². The van der Waals surface area contributed by atoms with E-state index in [9.17, 15) is 0 Å². The molecule has 0 atom stereocenters. The van der Waals surface area contributed by atoms with Crippen LogP contribution in [-0.4, -0.2) is 13.1 Å². The normalized spacial score (nSPS) is 17.6. The fourth-order valence-electron chi connectivity index (χ4n) is 8.80. The van der Waals surface area contributed by atoms with Crippen molar-refractivity contribution in [1.82, 2.24) is 0 Å². The summed E-state index contributed by atoms with van der Waals surface area (Å²) in [6.07, 6.45) is 16.3. The number of rotatable bonds is 5. The lowest BCUT2D eigenvalue weighted by atomic mass is 9.81. The highest BCUT2D eigenvalue weighted by Crippen LogP contribution is 2.50. The first-order valence-corrected chi connectivity index (χ1v) is 18.2. The highest BCUT2D eigenvalue weighted by molar-refractivity contribution is 5.86. The molecule has 2 heteroatoms. The Morgan fingerprint density at radius 3 is 2.16 bits per heavy atom. The molecule has 0 spiro atoms. The van der Waals surface area contributed by atoms with Gasteiger partial charge in [0.1, 0.15) is 0 Å². The third-order valence-corrected chi connectivity index (χ3v) is 11.4. The van der Waals surface area contributed by atoms with E-state index in [1.807, 2.05) is 0 Å². The van der Waals surface area contributed by atoms with Crippen molar-refractivity contribution >= 4 is 29.2 Å². The minimum absolute atomic E-state index is 0.0477. The Morgan fingerprint density at radius 2 is 1.29 bits per heavy atom. The second-order valence-corrected chi connectivity index (χ2v) is 14.7. The summed E-state index contributed by atoms with van der Waals surface area (Å²) < 4.78 is 0. The molecule has 49 heavy (non-hydrogen) atoms. The third-order valence-electron chi connectivity index (χ3n) is 11.4. The van der Waals surface area contributed by atoms with E-state index in [1.54, 1.807) is 11.3 Å². The van der Waals surface area contributed by atoms with Gasteiger partial charge in [-0.1, -0.05) is 123 Å². The standard InChI is InChI=1S/C47H44N2/c1-47(2)42-31-34(23-27-40(42)41-28-26-38(32-43(41)47)48-29-9-13-36-11-3-6-16-44(36)48)20-19-33-21-24-35(25-22-33)39-15-5-8-18-46(39)49-30-10-14-37-12-4-7-17-45(37)49/h3-5,7-8,11-12,15,17-28,31-32H,6,9-10,13-14,16,29-30H2,1-2H3/b20-19+. The first-order chi connectivity index (χ1) is 24.0. The Balaban J connectivity index is 0.962. The average molecular weight is 637 g/mol. The summed E-state index contributed by atoms with van der Waals surface area (Å²) in [6.45, 7) is 6.97. The number of hydrogen-bond donors (Lipinski definition) is 0. The molecule has 9 rings (SSSR count). The van der Waals surface area contributed by atoms with Gasteiger partial charge in [0.2, 0.25) is 0 Å². The van der Waals surface area contributed by atoms with Crippen LogP contribution in [-0.2, 0) is 11.8 Å². The smallest absolute Gasteiger partial charge is 0.0490 e. The van der Waals surface area contributed by atoms with Crippen LogP contribution in [0.4, 0.5) is 17.1 Å². The monoisotopic (exact) mass is 636 g/mol. The van der Waals surface area contributed by atoms with Crippen LogP contribution in [0.5, 0.6) is 0 Å². The van der Waals surface area contributed by atoms with Crippen molar-refractivity contribution in [2.45, 2.75) is 57.8 Å². The van der Waals surface area contributed by atoms with Crippen LogP contribution >= 0.6 is 0 Å². The summed E-state index contributed by atoms with van der Waals surface area (Å²) >= 11 is 0. The molecule has 0 saturated heterocycles. The Kier molecular flexibility index (Phi) is 7.42. The van der Waals surface area contributed by atoms with Crippen LogP contribution in [0.3, 0.4) is 0 Å². The summed E-state index contributed by atoms with van der Waals surface area (Å²) in [6, 6.07) is 41.1. The Hall–Kier alpha value is -5.08. The van der Waals surface area contributed by atoms with Crippen molar-refractivity contribution in [3.05, 3.63) is 160 Å². The van der Waals surface area contributed by atoms with Crippen molar-refractivity contribution in [3.63, 3.8) is 0 Å². The molecule has 0 saturated carbocycles. The Labute approximate surface area is 291 Å². The minimum Gasteiger partial charge on any atom is -0.345 e. The van der Waals surface area contributed by atoms with Gasteiger partial charge in [-0.2, -0.15) is 0 Å². The SMILES string of the molecule is CC1(C)c2cc(/C=C/c3ccc(-c4ccccc4N4CCCc5ccccc54)cc3)ccc2-c2ccc(N3CCCC4=C3CCC=C4)cc21. The molecule has 4 aliphatic rings. The van der Waals surface area contributed by atoms with E-state index in [1.165, 1.54) is 86.4 Å². The Bertz CT molecular complexity index is 2160. The van der Waals surface area contributed by atoms with E-state index in [-0.39, 0.29) is 5.41 Å². The molecule has 0 bridgehead atoms. The summed E-state index contributed by atoms with van der Waals surface area (Å²) in [5.41, 5.74) is 19.1. The van der Waals surface area contributed by atoms with Gasteiger partial charge in [-0.05, 0) is 113 Å². The molecule has 2 heterocycles. The van der Waals surface area contributed by atoms with Crippen LogP contribution in [0.15, 0.2) is 133 Å². The number of aryl methyl sites for hydroxylation is 1.